The number of ether oxygens (including phenoxy) is 1. The van der Waals surface area contributed by atoms with Crippen LogP contribution in [-0.2, 0) is 0 Å². The number of hydrogen-bond acceptors (Lipinski definition) is 3. The highest BCUT2D eigenvalue weighted by Crippen LogP contribution is 2.21. The Balaban J connectivity index is 2.05. The molecule has 1 heterocycles. The third-order valence-corrected chi connectivity index (χ3v) is 2.72. The molecule has 0 aliphatic carbocycles. The van der Waals surface area contributed by atoms with Gasteiger partial charge in [-0.1, -0.05) is 11.6 Å². The van der Waals surface area contributed by atoms with Crippen molar-refractivity contribution in [1.29, 1.82) is 0 Å². The number of carbonyl (C=O) groups excluding carboxylic acids is 1. The van der Waals surface area contributed by atoms with E-state index in [2.05, 4.69) is 15.6 Å². The lowest BCUT2D eigenvalue weighted by Crippen LogP contribution is -2.19. The summed E-state index contributed by atoms with van der Waals surface area (Å²) in [5.41, 5.74) is 0.654. The maximum Gasteiger partial charge on any atom is 0.323 e. The van der Waals surface area contributed by atoms with Gasteiger partial charge in [0, 0.05) is 18.0 Å². The van der Waals surface area contributed by atoms with Crippen molar-refractivity contribution < 1.29 is 13.9 Å². The fraction of sp³-hybridized carbons (Fsp3) is 0.0769. The summed E-state index contributed by atoms with van der Waals surface area (Å²) in [6.45, 7) is 0. The van der Waals surface area contributed by atoms with Crippen LogP contribution in [0.2, 0.25) is 5.15 Å². The monoisotopic (exact) mass is 295 g/mol. The molecule has 1 aromatic carbocycles. The molecule has 104 valence electrons. The highest BCUT2D eigenvalue weighted by atomic mass is 35.5. The minimum Gasteiger partial charge on any atom is -0.494 e. The number of benzene rings is 1. The maximum atomic E-state index is 13.5. The molecule has 0 fully saturated rings. The molecule has 0 spiro atoms. The first-order valence-corrected chi connectivity index (χ1v) is 6.00. The van der Waals surface area contributed by atoms with Crippen molar-refractivity contribution in [3.63, 3.8) is 0 Å². The van der Waals surface area contributed by atoms with Gasteiger partial charge in [-0.3, -0.25) is 0 Å². The average Bonchev–Trinajstić information content (AvgIpc) is 2.41. The van der Waals surface area contributed by atoms with E-state index in [0.29, 0.717) is 11.4 Å². The zero-order valence-electron chi connectivity index (χ0n) is 10.5. The quantitative estimate of drug-likeness (QED) is 0.852. The number of carbonyl (C=O) groups is 1. The third kappa shape index (κ3) is 3.36. The fourth-order valence-electron chi connectivity index (χ4n) is 1.51. The number of nitrogens with zero attached hydrogens (tertiary/aromatic N) is 1. The molecule has 0 unspecified atom stereocenters. The fourth-order valence-corrected chi connectivity index (χ4v) is 1.67. The number of urea groups is 1. The molecule has 2 aromatic rings. The van der Waals surface area contributed by atoms with Crippen LogP contribution in [0.4, 0.5) is 20.6 Å². The largest absolute Gasteiger partial charge is 0.494 e. The summed E-state index contributed by atoms with van der Waals surface area (Å²) in [5.74, 6) is -0.462. The van der Waals surface area contributed by atoms with Gasteiger partial charge in [0.1, 0.15) is 0 Å². The summed E-state index contributed by atoms with van der Waals surface area (Å²) in [7, 11) is 1.36. The number of hydrogen-bond donors (Lipinski definition) is 2. The molecule has 7 heteroatoms. The summed E-state index contributed by atoms with van der Waals surface area (Å²) >= 11 is 5.81. The molecule has 2 N–H and O–H groups in total. The Kier molecular flexibility index (Phi) is 4.37. The molecule has 20 heavy (non-hydrogen) atoms. The average molecular weight is 296 g/mol. The standard InChI is InChI=1S/C13H11ClFN3O2/c1-20-11-5-4-8(7-9(11)15)17-13(19)18-10-3-2-6-16-12(10)14/h2-7H,1H3,(H2,17,18,19). The predicted octanol–water partition coefficient (Wildman–Crippen LogP) is 3.53. The first-order chi connectivity index (χ1) is 9.60. The molecule has 0 atom stereocenters. The summed E-state index contributed by atoms with van der Waals surface area (Å²) in [5, 5.41) is 5.16. The zero-order valence-corrected chi connectivity index (χ0v) is 11.2. The van der Waals surface area contributed by atoms with Crippen LogP contribution in [0, 0.1) is 5.82 Å². The summed E-state index contributed by atoms with van der Waals surface area (Å²) in [4.78, 5) is 15.6. The molecule has 1 aromatic heterocycles. The lowest BCUT2D eigenvalue weighted by molar-refractivity contribution is 0.262. The zero-order chi connectivity index (χ0) is 14.5. The maximum absolute atomic E-state index is 13.5. The second kappa shape index (κ2) is 6.21. The lowest BCUT2D eigenvalue weighted by Gasteiger charge is -2.09. The number of halogens is 2. The van der Waals surface area contributed by atoms with Crippen molar-refractivity contribution in [3.05, 3.63) is 47.5 Å². The van der Waals surface area contributed by atoms with Gasteiger partial charge in [0.05, 0.1) is 12.8 Å². The molecule has 0 saturated carbocycles. The van der Waals surface area contributed by atoms with Crippen LogP contribution in [0.5, 0.6) is 5.75 Å². The van der Waals surface area contributed by atoms with E-state index >= 15 is 0 Å². The highest BCUT2D eigenvalue weighted by Gasteiger charge is 2.08. The minimum atomic E-state index is -0.565. The van der Waals surface area contributed by atoms with Gasteiger partial charge in [0.15, 0.2) is 16.7 Å². The lowest BCUT2D eigenvalue weighted by atomic mass is 10.3. The smallest absolute Gasteiger partial charge is 0.323 e. The van der Waals surface area contributed by atoms with E-state index in [1.165, 1.54) is 25.4 Å². The van der Waals surface area contributed by atoms with E-state index in [1.807, 2.05) is 0 Å². The van der Waals surface area contributed by atoms with Crippen LogP contribution in [0.3, 0.4) is 0 Å². The van der Waals surface area contributed by atoms with Crippen LogP contribution >= 0.6 is 11.6 Å². The van der Waals surface area contributed by atoms with E-state index < -0.39 is 11.8 Å². The van der Waals surface area contributed by atoms with Crippen LogP contribution < -0.4 is 15.4 Å². The number of nitrogens with one attached hydrogen (secondary N) is 2. The number of amides is 2. The molecule has 5 nitrogen and oxygen atoms in total. The van der Waals surface area contributed by atoms with Gasteiger partial charge < -0.3 is 15.4 Å². The Bertz CT molecular complexity index is 637. The number of rotatable bonds is 3. The van der Waals surface area contributed by atoms with E-state index in [4.69, 9.17) is 16.3 Å². The van der Waals surface area contributed by atoms with E-state index in [-0.39, 0.29) is 10.9 Å². The summed E-state index contributed by atoms with van der Waals surface area (Å²) < 4.78 is 18.3. The second-order valence-electron chi connectivity index (χ2n) is 3.77. The van der Waals surface area contributed by atoms with Crippen LogP contribution in [0.1, 0.15) is 0 Å². The first-order valence-electron chi connectivity index (χ1n) is 5.62. The van der Waals surface area contributed by atoms with E-state index in [1.54, 1.807) is 12.1 Å². The summed E-state index contributed by atoms with van der Waals surface area (Å²) in [6, 6.07) is 6.78. The van der Waals surface area contributed by atoms with Gasteiger partial charge >= 0.3 is 6.03 Å². The molecule has 0 aliphatic heterocycles. The first kappa shape index (κ1) is 14.1. The van der Waals surface area contributed by atoms with Crippen LogP contribution in [0.25, 0.3) is 0 Å². The van der Waals surface area contributed by atoms with Gasteiger partial charge in [-0.2, -0.15) is 0 Å². The molecule has 0 bridgehead atoms. The van der Waals surface area contributed by atoms with Gasteiger partial charge in [0.2, 0.25) is 0 Å². The molecule has 2 rings (SSSR count). The molecule has 0 aliphatic rings. The Morgan fingerprint density at radius 2 is 2.15 bits per heavy atom. The number of anilines is 2. The van der Waals surface area contributed by atoms with Crippen molar-refractivity contribution in [2.45, 2.75) is 0 Å². The second-order valence-corrected chi connectivity index (χ2v) is 4.13. The molecule has 2 amide bonds. The van der Waals surface area contributed by atoms with Gasteiger partial charge in [-0.05, 0) is 24.3 Å². The van der Waals surface area contributed by atoms with Crippen LogP contribution in [-0.4, -0.2) is 18.1 Å². The Hall–Kier alpha value is -2.34. The Morgan fingerprint density at radius 1 is 1.35 bits per heavy atom. The van der Waals surface area contributed by atoms with Gasteiger partial charge in [0.25, 0.3) is 0 Å². The molecule has 0 saturated heterocycles. The SMILES string of the molecule is COc1ccc(NC(=O)Nc2cccnc2Cl)cc1F. The Labute approximate surface area is 119 Å². The highest BCUT2D eigenvalue weighted by molar-refractivity contribution is 6.32. The number of methoxy groups -OCH3 is 1. The van der Waals surface area contributed by atoms with Gasteiger partial charge in [-0.25, -0.2) is 14.2 Å². The molecular formula is C13H11ClFN3O2. The predicted molar refractivity (Wildman–Crippen MR) is 74.8 cm³/mol. The topological polar surface area (TPSA) is 63.2 Å². The molecular weight excluding hydrogens is 285 g/mol. The minimum absolute atomic E-state index is 0.103. The van der Waals surface area contributed by atoms with E-state index in [9.17, 15) is 9.18 Å². The van der Waals surface area contributed by atoms with Crippen molar-refractivity contribution >= 4 is 29.0 Å². The van der Waals surface area contributed by atoms with Crippen molar-refractivity contribution in [2.75, 3.05) is 17.7 Å². The number of aromatic nitrogens is 1. The Morgan fingerprint density at radius 3 is 2.80 bits per heavy atom. The van der Waals surface area contributed by atoms with Gasteiger partial charge in [-0.15, -0.1) is 0 Å². The number of pyridine rings is 1. The van der Waals surface area contributed by atoms with Crippen LogP contribution in [0.15, 0.2) is 36.5 Å². The third-order valence-electron chi connectivity index (χ3n) is 2.42. The summed E-state index contributed by atoms with van der Waals surface area (Å²) in [6.07, 6.45) is 1.50. The van der Waals surface area contributed by atoms with Crippen molar-refractivity contribution in [1.82, 2.24) is 4.98 Å². The molecule has 0 radical (unpaired) electrons. The van der Waals surface area contributed by atoms with Crippen molar-refractivity contribution in [2.24, 2.45) is 0 Å². The van der Waals surface area contributed by atoms with Crippen molar-refractivity contribution in [3.8, 4) is 5.75 Å². The normalized spacial score (nSPS) is 9.95. The van der Waals surface area contributed by atoms with E-state index in [0.717, 1.165) is 6.07 Å².